The van der Waals surface area contributed by atoms with Crippen molar-refractivity contribution in [2.45, 2.75) is 31.6 Å². The molecule has 0 saturated carbocycles. The maximum Gasteiger partial charge on any atom is 0.235 e. The van der Waals surface area contributed by atoms with Gasteiger partial charge in [0.2, 0.25) is 5.95 Å². The Morgan fingerprint density at radius 1 is 0.600 bits per heavy atom. The van der Waals surface area contributed by atoms with Crippen molar-refractivity contribution in [1.29, 1.82) is 0 Å². The standard InChI is InChI=1S/C65H46N4S/c1-2-3-16-41-17-10-11-23-48(35-41)60-40-49-29-33-55-62(64(49)70-60)63(43-19-6-4-7-20-43)67-65(66-55)69-57-38-46(27-31-52(57)54-36-44-21-12-13-22-45(44)37-59(54)69)47-28-32-53-58(39-47)68(50-24-8-5-9-25-50)56-34-30-42-18-14-15-26-51(42)61(53)56/h2,4-9,11-15,17-19,21-40,43H,1,3,10,16,20H2. The molecule has 5 heteroatoms. The maximum absolute atomic E-state index is 5.74. The molecule has 4 heterocycles. The van der Waals surface area contributed by atoms with Crippen molar-refractivity contribution in [1.82, 2.24) is 19.1 Å². The van der Waals surface area contributed by atoms with Crippen LogP contribution in [0.1, 0.15) is 42.2 Å². The zero-order valence-electron chi connectivity index (χ0n) is 38.5. The summed E-state index contributed by atoms with van der Waals surface area (Å²) in [6.45, 7) is 3.98. The molecule has 0 bridgehead atoms. The lowest BCUT2D eigenvalue weighted by molar-refractivity contribution is 0.811. The molecule has 4 nitrogen and oxygen atoms in total. The number of hydrogen-bond acceptors (Lipinski definition) is 3. The van der Waals surface area contributed by atoms with Crippen LogP contribution in [0.5, 0.6) is 0 Å². The van der Waals surface area contributed by atoms with Gasteiger partial charge in [0, 0.05) is 48.1 Å². The molecule has 332 valence electrons. The molecular formula is C65H46N4S. The van der Waals surface area contributed by atoms with Gasteiger partial charge < -0.3 is 4.57 Å². The van der Waals surface area contributed by atoms with Crippen molar-refractivity contribution in [3.63, 3.8) is 0 Å². The molecule has 12 aromatic rings. The lowest BCUT2D eigenvalue weighted by Crippen LogP contribution is -2.08. The third-order valence-electron chi connectivity index (χ3n) is 14.6. The molecule has 14 rings (SSSR count). The van der Waals surface area contributed by atoms with Crippen LogP contribution in [0.3, 0.4) is 0 Å². The van der Waals surface area contributed by atoms with E-state index in [9.17, 15) is 0 Å². The van der Waals surface area contributed by atoms with Crippen molar-refractivity contribution in [3.8, 4) is 22.8 Å². The number of aromatic nitrogens is 4. The van der Waals surface area contributed by atoms with Gasteiger partial charge in [-0.05, 0) is 124 Å². The first kappa shape index (κ1) is 40.7. The fraction of sp³-hybridized carbons (Fsp3) is 0.0769. The van der Waals surface area contributed by atoms with Gasteiger partial charge in [-0.2, -0.15) is 0 Å². The monoisotopic (exact) mass is 914 g/mol. The normalized spacial score (nSPS) is 15.1. The SMILES string of the molecule is C=CCCC1=CCC=CC(c2cc3ccc4nc(-n5c6cc(-c7ccc8c9c%10ccccc%10ccc9n(-c9ccccc9)c8c7)ccc6c6cc7ccccc7cc65)nc(C5C=CC=CC5)c4c3s2)=C1. The quantitative estimate of drug-likeness (QED) is 0.142. The first-order valence-electron chi connectivity index (χ1n) is 24.4. The Morgan fingerprint density at radius 3 is 2.19 bits per heavy atom. The van der Waals surface area contributed by atoms with Gasteiger partial charge in [-0.3, -0.25) is 4.57 Å². The number of para-hydroxylation sites is 1. The Kier molecular flexibility index (Phi) is 9.53. The van der Waals surface area contributed by atoms with Gasteiger partial charge in [0.05, 0.1) is 33.3 Å². The van der Waals surface area contributed by atoms with Crippen molar-refractivity contribution >= 4 is 103 Å². The molecule has 8 aromatic carbocycles. The molecule has 2 aliphatic carbocycles. The van der Waals surface area contributed by atoms with Crippen LogP contribution in [0.15, 0.2) is 225 Å². The van der Waals surface area contributed by atoms with E-state index in [0.717, 1.165) is 70.1 Å². The van der Waals surface area contributed by atoms with Crippen LogP contribution in [-0.4, -0.2) is 19.1 Å². The highest BCUT2D eigenvalue weighted by Gasteiger charge is 2.24. The average molecular weight is 915 g/mol. The van der Waals surface area contributed by atoms with Crippen LogP contribution in [0.2, 0.25) is 0 Å². The second-order valence-corrected chi connectivity index (χ2v) is 19.8. The molecule has 0 spiro atoms. The van der Waals surface area contributed by atoms with Crippen molar-refractivity contribution in [2.75, 3.05) is 0 Å². The van der Waals surface area contributed by atoms with Gasteiger partial charge >= 0.3 is 0 Å². The molecular weight excluding hydrogens is 869 g/mol. The highest BCUT2D eigenvalue weighted by atomic mass is 32.1. The summed E-state index contributed by atoms with van der Waals surface area (Å²) < 4.78 is 6.00. The van der Waals surface area contributed by atoms with Gasteiger partial charge in [-0.25, -0.2) is 9.97 Å². The highest BCUT2D eigenvalue weighted by Crippen LogP contribution is 2.44. The van der Waals surface area contributed by atoms with Gasteiger partial charge in [-0.1, -0.05) is 163 Å². The number of hydrogen-bond donors (Lipinski definition) is 0. The zero-order chi connectivity index (χ0) is 46.3. The molecule has 0 amide bonds. The molecule has 0 saturated heterocycles. The Labute approximate surface area is 409 Å². The van der Waals surface area contributed by atoms with Crippen LogP contribution in [0, 0.1) is 0 Å². The van der Waals surface area contributed by atoms with E-state index < -0.39 is 0 Å². The molecule has 0 aliphatic heterocycles. The predicted octanol–water partition coefficient (Wildman–Crippen LogP) is 17.8. The van der Waals surface area contributed by atoms with E-state index in [0.29, 0.717) is 5.95 Å². The lowest BCUT2D eigenvalue weighted by atomic mass is 9.94. The number of rotatable bonds is 8. The largest absolute Gasteiger partial charge is 0.309 e. The minimum atomic E-state index is 0.0977. The Balaban J connectivity index is 0.997. The molecule has 0 radical (unpaired) electrons. The van der Waals surface area contributed by atoms with Crippen LogP contribution >= 0.6 is 11.3 Å². The summed E-state index contributed by atoms with van der Waals surface area (Å²) in [5.74, 6) is 0.785. The fourth-order valence-electron chi connectivity index (χ4n) is 11.3. The molecule has 0 fully saturated rings. The van der Waals surface area contributed by atoms with E-state index >= 15 is 0 Å². The topological polar surface area (TPSA) is 35.6 Å². The van der Waals surface area contributed by atoms with Gasteiger partial charge in [0.1, 0.15) is 0 Å². The van der Waals surface area contributed by atoms with Crippen LogP contribution in [-0.2, 0) is 0 Å². The summed E-state index contributed by atoms with van der Waals surface area (Å²) in [6.07, 6.45) is 24.0. The van der Waals surface area contributed by atoms with E-state index in [-0.39, 0.29) is 5.92 Å². The number of benzene rings is 8. The van der Waals surface area contributed by atoms with E-state index in [4.69, 9.17) is 9.97 Å². The van der Waals surface area contributed by atoms with Crippen molar-refractivity contribution in [3.05, 3.63) is 235 Å². The van der Waals surface area contributed by atoms with Gasteiger partial charge in [0.15, 0.2) is 0 Å². The van der Waals surface area contributed by atoms with Crippen molar-refractivity contribution < 1.29 is 0 Å². The molecule has 2 aliphatic rings. The minimum absolute atomic E-state index is 0.0977. The van der Waals surface area contributed by atoms with E-state index in [1.165, 1.54) is 80.2 Å². The predicted molar refractivity (Wildman–Crippen MR) is 299 cm³/mol. The third kappa shape index (κ3) is 6.57. The number of fused-ring (bicyclic) bond motifs is 12. The maximum atomic E-state index is 5.74. The summed E-state index contributed by atoms with van der Waals surface area (Å²) in [6, 6.07) is 58.2. The Bertz CT molecular complexity index is 4320. The molecule has 70 heavy (non-hydrogen) atoms. The van der Waals surface area contributed by atoms with Crippen molar-refractivity contribution in [2.24, 2.45) is 0 Å². The summed E-state index contributed by atoms with van der Waals surface area (Å²) in [7, 11) is 0. The Morgan fingerprint density at radius 2 is 1.36 bits per heavy atom. The summed E-state index contributed by atoms with van der Waals surface area (Å²) in [5.41, 5.74) is 12.6. The minimum Gasteiger partial charge on any atom is -0.309 e. The van der Waals surface area contributed by atoms with Gasteiger partial charge in [-0.15, -0.1) is 17.9 Å². The van der Waals surface area contributed by atoms with E-state index in [1.807, 2.05) is 17.4 Å². The smallest absolute Gasteiger partial charge is 0.235 e. The molecule has 1 atom stereocenters. The van der Waals surface area contributed by atoms with Crippen LogP contribution in [0.25, 0.3) is 114 Å². The number of thiophene rings is 1. The summed E-state index contributed by atoms with van der Waals surface area (Å²) >= 11 is 1.86. The zero-order valence-corrected chi connectivity index (χ0v) is 39.3. The highest BCUT2D eigenvalue weighted by molar-refractivity contribution is 7.21. The summed E-state index contributed by atoms with van der Waals surface area (Å²) in [4.78, 5) is 12.6. The second-order valence-electron chi connectivity index (χ2n) is 18.8. The van der Waals surface area contributed by atoms with Gasteiger partial charge in [0.25, 0.3) is 0 Å². The number of allylic oxidation sites excluding steroid dienone is 11. The molecule has 0 N–H and O–H groups in total. The lowest BCUT2D eigenvalue weighted by Gasteiger charge is -2.18. The first-order valence-corrected chi connectivity index (χ1v) is 25.2. The Hall–Kier alpha value is -8.38. The third-order valence-corrected chi connectivity index (χ3v) is 15.8. The molecule has 1 unspecified atom stereocenters. The first-order chi connectivity index (χ1) is 34.6. The molecule has 4 aromatic heterocycles. The average Bonchev–Trinajstić information content (AvgIpc) is 4.03. The second kappa shape index (κ2) is 16.4. The number of nitrogens with zero attached hydrogens (tertiary/aromatic N) is 4. The van der Waals surface area contributed by atoms with Crippen LogP contribution in [0.4, 0.5) is 0 Å². The van der Waals surface area contributed by atoms with E-state index in [1.54, 1.807) is 0 Å². The van der Waals surface area contributed by atoms with Crippen LogP contribution < -0.4 is 0 Å². The summed E-state index contributed by atoms with van der Waals surface area (Å²) in [5, 5.41) is 12.1. The fourth-order valence-corrected chi connectivity index (χ4v) is 12.5. The van der Waals surface area contributed by atoms with E-state index in [2.05, 4.69) is 222 Å².